The first-order chi connectivity index (χ1) is 13.4. The van der Waals surface area contributed by atoms with E-state index in [1.165, 1.54) is 0 Å². The van der Waals surface area contributed by atoms with Gasteiger partial charge >= 0.3 is 5.97 Å². The molecule has 3 rings (SSSR count). The maximum absolute atomic E-state index is 13.1. The summed E-state index contributed by atoms with van der Waals surface area (Å²) in [4.78, 5) is 37.2. The number of H-pyrrole nitrogens is 1. The van der Waals surface area contributed by atoms with Crippen molar-refractivity contribution in [2.45, 2.75) is 33.7 Å². The molecule has 1 aliphatic heterocycles. The number of pyridine rings is 1. The van der Waals surface area contributed by atoms with Gasteiger partial charge in [0.05, 0.1) is 23.9 Å². The number of carbonyl (C=O) groups is 2. The zero-order chi connectivity index (χ0) is 20.3. The second kappa shape index (κ2) is 8.56. The van der Waals surface area contributed by atoms with Gasteiger partial charge < -0.3 is 14.6 Å². The number of hydrogen-bond acceptors (Lipinski definition) is 6. The summed E-state index contributed by atoms with van der Waals surface area (Å²) >= 11 is 0. The van der Waals surface area contributed by atoms with Crippen molar-refractivity contribution in [1.82, 2.24) is 14.9 Å². The lowest BCUT2D eigenvalue weighted by Gasteiger charge is -2.38. The molecule has 3 heterocycles. The van der Waals surface area contributed by atoms with E-state index < -0.39 is 0 Å². The molecule has 0 unspecified atom stereocenters. The van der Waals surface area contributed by atoms with Crippen LogP contribution >= 0.6 is 0 Å². The first kappa shape index (κ1) is 20.1. The van der Waals surface area contributed by atoms with Crippen molar-refractivity contribution in [2.75, 3.05) is 37.7 Å². The summed E-state index contributed by atoms with van der Waals surface area (Å²) in [7, 11) is 0. The van der Waals surface area contributed by atoms with Gasteiger partial charge in [-0.05, 0) is 45.4 Å². The van der Waals surface area contributed by atoms with Gasteiger partial charge in [0.25, 0.3) is 0 Å². The van der Waals surface area contributed by atoms with E-state index in [2.05, 4.69) is 19.8 Å². The average Bonchev–Trinajstić information content (AvgIpc) is 3.02. The fourth-order valence-electron chi connectivity index (χ4n) is 3.76. The third-order valence-corrected chi connectivity index (χ3v) is 5.38. The van der Waals surface area contributed by atoms with Crippen molar-refractivity contribution in [3.63, 3.8) is 0 Å². The fourth-order valence-corrected chi connectivity index (χ4v) is 3.76. The van der Waals surface area contributed by atoms with Crippen molar-refractivity contribution >= 4 is 17.6 Å². The van der Waals surface area contributed by atoms with Gasteiger partial charge in [0.15, 0.2) is 5.78 Å². The van der Waals surface area contributed by atoms with Gasteiger partial charge in [0.2, 0.25) is 0 Å². The number of nitrogens with zero attached hydrogens (tertiary/aromatic N) is 3. The Hall–Kier alpha value is -2.67. The van der Waals surface area contributed by atoms with E-state index in [1.54, 1.807) is 27.0 Å². The number of anilines is 1. The number of Topliss-reactive ketones (excluding diaryl/α,β-unsaturated/α-hetero) is 1. The zero-order valence-corrected chi connectivity index (χ0v) is 17.0. The van der Waals surface area contributed by atoms with Crippen molar-refractivity contribution in [3.05, 3.63) is 46.9 Å². The van der Waals surface area contributed by atoms with Gasteiger partial charge in [-0.25, -0.2) is 9.78 Å². The fraction of sp³-hybridized carbons (Fsp3) is 0.476. The van der Waals surface area contributed by atoms with Crippen LogP contribution in [0.5, 0.6) is 0 Å². The summed E-state index contributed by atoms with van der Waals surface area (Å²) in [6, 6.07) is 5.63. The Morgan fingerprint density at radius 3 is 2.54 bits per heavy atom. The van der Waals surface area contributed by atoms with Crippen LogP contribution in [0, 0.1) is 13.8 Å². The van der Waals surface area contributed by atoms with Crippen LogP contribution in [0.2, 0.25) is 0 Å². The van der Waals surface area contributed by atoms with Crippen LogP contribution in [0.25, 0.3) is 0 Å². The normalized spacial score (nSPS) is 16.1. The molecular weight excluding hydrogens is 356 g/mol. The zero-order valence-electron chi connectivity index (χ0n) is 17.0. The molecule has 2 aromatic heterocycles. The number of aromatic amines is 1. The monoisotopic (exact) mass is 384 g/mol. The maximum Gasteiger partial charge on any atom is 0.340 e. The molecule has 1 fully saturated rings. The second-order valence-electron chi connectivity index (χ2n) is 7.10. The van der Waals surface area contributed by atoms with Crippen molar-refractivity contribution < 1.29 is 14.3 Å². The quantitative estimate of drug-likeness (QED) is 0.609. The molecule has 0 amide bonds. The van der Waals surface area contributed by atoms with Crippen LogP contribution in [-0.4, -0.2) is 65.4 Å². The molecule has 7 heteroatoms. The van der Waals surface area contributed by atoms with Crippen LogP contribution in [0.1, 0.15) is 46.0 Å². The number of carbonyl (C=O) groups excluding carboxylic acids is 2. The highest BCUT2D eigenvalue weighted by Crippen LogP contribution is 2.22. The highest BCUT2D eigenvalue weighted by molar-refractivity contribution is 6.03. The smallest absolute Gasteiger partial charge is 0.340 e. The lowest BCUT2D eigenvalue weighted by Crippen LogP contribution is -2.52. The van der Waals surface area contributed by atoms with Gasteiger partial charge in [-0.15, -0.1) is 0 Å². The Morgan fingerprint density at radius 2 is 1.93 bits per heavy atom. The Morgan fingerprint density at radius 1 is 1.21 bits per heavy atom. The molecule has 0 radical (unpaired) electrons. The summed E-state index contributed by atoms with van der Waals surface area (Å²) in [6.45, 7) is 10.8. The Labute approximate surface area is 165 Å². The average molecular weight is 384 g/mol. The van der Waals surface area contributed by atoms with Crippen LogP contribution in [0.3, 0.4) is 0 Å². The standard InChI is InChI=1S/C21H28N4O3/c1-5-28-21(27)18-14(2)19(23-15(18)3)20(26)16(4)24-10-12-25(13-11-24)17-8-6-7-9-22-17/h6-9,16,23H,5,10-13H2,1-4H3/t16-/m0/s1. The molecule has 0 aromatic carbocycles. The molecule has 0 spiro atoms. The minimum atomic E-state index is -0.385. The number of aromatic nitrogens is 2. The molecule has 0 bridgehead atoms. The maximum atomic E-state index is 13.1. The summed E-state index contributed by atoms with van der Waals surface area (Å²) in [5.74, 6) is 0.586. The van der Waals surface area contributed by atoms with Crippen molar-refractivity contribution in [3.8, 4) is 0 Å². The van der Waals surface area contributed by atoms with Gasteiger partial charge in [-0.1, -0.05) is 6.07 Å². The minimum Gasteiger partial charge on any atom is -0.462 e. The molecule has 7 nitrogen and oxygen atoms in total. The van der Waals surface area contributed by atoms with Gasteiger partial charge in [0, 0.05) is 38.1 Å². The number of hydrogen-bond donors (Lipinski definition) is 1. The second-order valence-corrected chi connectivity index (χ2v) is 7.10. The molecule has 1 N–H and O–H groups in total. The summed E-state index contributed by atoms with van der Waals surface area (Å²) in [5, 5.41) is 0. The highest BCUT2D eigenvalue weighted by Gasteiger charge is 2.30. The predicted octanol–water partition coefficient (Wildman–Crippen LogP) is 2.60. The largest absolute Gasteiger partial charge is 0.462 e. The Kier molecular flexibility index (Phi) is 6.14. The number of esters is 1. The van der Waals surface area contributed by atoms with E-state index in [9.17, 15) is 9.59 Å². The number of rotatable bonds is 6. The van der Waals surface area contributed by atoms with Crippen LogP contribution in [0.15, 0.2) is 24.4 Å². The van der Waals surface area contributed by atoms with E-state index in [1.807, 2.05) is 25.1 Å². The number of piperazine rings is 1. The van der Waals surface area contributed by atoms with Gasteiger partial charge in [-0.3, -0.25) is 9.69 Å². The summed E-state index contributed by atoms with van der Waals surface area (Å²) < 4.78 is 5.12. The number of nitrogens with one attached hydrogen (secondary N) is 1. The minimum absolute atomic E-state index is 0.00225. The molecular formula is C21H28N4O3. The van der Waals surface area contributed by atoms with Crippen molar-refractivity contribution in [1.29, 1.82) is 0 Å². The number of ketones is 1. The van der Waals surface area contributed by atoms with Crippen LogP contribution in [-0.2, 0) is 4.74 Å². The molecule has 0 aliphatic carbocycles. The topological polar surface area (TPSA) is 78.5 Å². The molecule has 28 heavy (non-hydrogen) atoms. The Bertz CT molecular complexity index is 839. The number of ether oxygens (including phenoxy) is 1. The van der Waals surface area contributed by atoms with E-state index in [-0.39, 0.29) is 17.8 Å². The lowest BCUT2D eigenvalue weighted by atomic mass is 10.0. The highest BCUT2D eigenvalue weighted by atomic mass is 16.5. The van der Waals surface area contributed by atoms with E-state index in [0.717, 1.165) is 32.0 Å². The molecule has 2 aromatic rings. The molecule has 0 saturated carbocycles. The Balaban J connectivity index is 1.69. The van der Waals surface area contributed by atoms with Gasteiger partial charge in [-0.2, -0.15) is 0 Å². The SMILES string of the molecule is CCOC(=O)c1c(C)[nH]c(C(=O)[C@H](C)N2CCN(c3ccccn3)CC2)c1C. The van der Waals surface area contributed by atoms with Crippen LogP contribution in [0.4, 0.5) is 5.82 Å². The lowest BCUT2D eigenvalue weighted by molar-refractivity contribution is 0.0525. The third-order valence-electron chi connectivity index (χ3n) is 5.38. The van der Waals surface area contributed by atoms with E-state index in [4.69, 9.17) is 4.74 Å². The third kappa shape index (κ3) is 3.94. The molecule has 150 valence electrons. The first-order valence-corrected chi connectivity index (χ1v) is 9.74. The van der Waals surface area contributed by atoms with E-state index in [0.29, 0.717) is 29.1 Å². The van der Waals surface area contributed by atoms with E-state index >= 15 is 0 Å². The molecule has 1 aliphatic rings. The molecule has 1 atom stereocenters. The number of aryl methyl sites for hydroxylation is 1. The van der Waals surface area contributed by atoms with Crippen molar-refractivity contribution in [2.24, 2.45) is 0 Å². The summed E-state index contributed by atoms with van der Waals surface area (Å²) in [5.41, 5.74) is 2.31. The predicted molar refractivity (Wildman–Crippen MR) is 108 cm³/mol. The van der Waals surface area contributed by atoms with Crippen LogP contribution < -0.4 is 4.90 Å². The molecule has 1 saturated heterocycles. The summed E-state index contributed by atoms with van der Waals surface area (Å²) in [6.07, 6.45) is 1.80. The first-order valence-electron chi connectivity index (χ1n) is 9.74. The van der Waals surface area contributed by atoms with Gasteiger partial charge in [0.1, 0.15) is 5.82 Å².